The van der Waals surface area contributed by atoms with Gasteiger partial charge in [-0.2, -0.15) is 0 Å². The molecule has 6 nitrogen and oxygen atoms in total. The molecule has 0 saturated carbocycles. The van der Waals surface area contributed by atoms with E-state index in [0.29, 0.717) is 22.8 Å². The zero-order chi connectivity index (χ0) is 15.6. The van der Waals surface area contributed by atoms with Crippen LogP contribution in [0.1, 0.15) is 9.67 Å². The monoisotopic (exact) mass is 327 g/mol. The lowest BCUT2D eigenvalue weighted by Gasteiger charge is -2.20. The summed E-state index contributed by atoms with van der Waals surface area (Å²) in [5.74, 6) is -0.736. The maximum absolute atomic E-state index is 12.5. The van der Waals surface area contributed by atoms with E-state index in [2.05, 4.69) is 0 Å². The van der Waals surface area contributed by atoms with E-state index in [1.807, 2.05) is 0 Å². The largest absolute Gasteiger partial charge is 0.495 e. The summed E-state index contributed by atoms with van der Waals surface area (Å²) in [5.41, 5.74) is 0.380. The predicted molar refractivity (Wildman–Crippen MR) is 79.9 cm³/mol. The lowest BCUT2D eigenvalue weighted by atomic mass is 10.3. The number of hydrogen-bond acceptors (Lipinski definition) is 5. The number of benzene rings is 1. The first kappa shape index (κ1) is 15.3. The number of rotatable bonds is 5. The molecule has 1 aromatic carbocycles. The third kappa shape index (κ3) is 2.86. The Morgan fingerprint density at radius 3 is 2.48 bits per heavy atom. The van der Waals surface area contributed by atoms with Gasteiger partial charge in [-0.3, -0.25) is 4.31 Å². The molecular formula is C13H13NO5S2. The summed E-state index contributed by atoms with van der Waals surface area (Å²) in [7, 11) is -0.981. The molecule has 0 saturated heterocycles. The quantitative estimate of drug-likeness (QED) is 0.911. The molecule has 112 valence electrons. The van der Waals surface area contributed by atoms with E-state index in [0.717, 1.165) is 4.31 Å². The van der Waals surface area contributed by atoms with Crippen molar-refractivity contribution in [2.24, 2.45) is 0 Å². The van der Waals surface area contributed by atoms with Crippen molar-refractivity contribution in [1.29, 1.82) is 0 Å². The van der Waals surface area contributed by atoms with Gasteiger partial charge < -0.3 is 9.84 Å². The van der Waals surface area contributed by atoms with Crippen molar-refractivity contribution in [3.05, 3.63) is 41.3 Å². The van der Waals surface area contributed by atoms with Crippen molar-refractivity contribution >= 4 is 33.0 Å². The minimum absolute atomic E-state index is 0.0259. The second kappa shape index (κ2) is 5.74. The number of carboxylic acids is 1. The van der Waals surface area contributed by atoms with Crippen LogP contribution in [0, 0.1) is 0 Å². The van der Waals surface area contributed by atoms with E-state index in [4.69, 9.17) is 9.84 Å². The summed E-state index contributed by atoms with van der Waals surface area (Å²) < 4.78 is 31.2. The molecule has 21 heavy (non-hydrogen) atoms. The fraction of sp³-hybridized carbons (Fsp3) is 0.154. The van der Waals surface area contributed by atoms with Gasteiger partial charge in [-0.1, -0.05) is 12.1 Å². The van der Waals surface area contributed by atoms with Gasteiger partial charge in [0.2, 0.25) is 0 Å². The van der Waals surface area contributed by atoms with Crippen LogP contribution in [-0.2, 0) is 10.0 Å². The number of carboxylic acid groups (broad SMARTS) is 1. The summed E-state index contributed by atoms with van der Waals surface area (Å²) in [6.07, 6.45) is 0. The van der Waals surface area contributed by atoms with Gasteiger partial charge in [0.05, 0.1) is 12.8 Å². The Morgan fingerprint density at radius 2 is 1.90 bits per heavy atom. The van der Waals surface area contributed by atoms with Gasteiger partial charge in [-0.25, -0.2) is 13.2 Å². The zero-order valence-corrected chi connectivity index (χ0v) is 12.9. The van der Waals surface area contributed by atoms with E-state index in [1.54, 1.807) is 24.3 Å². The van der Waals surface area contributed by atoms with Crippen molar-refractivity contribution in [3.8, 4) is 5.75 Å². The van der Waals surface area contributed by atoms with Crippen LogP contribution < -0.4 is 9.04 Å². The number of aromatic carboxylic acids is 1. The van der Waals surface area contributed by atoms with Crippen molar-refractivity contribution in [3.63, 3.8) is 0 Å². The number of sulfonamides is 1. The van der Waals surface area contributed by atoms with Crippen LogP contribution in [0.5, 0.6) is 5.75 Å². The molecule has 2 aromatic rings. The molecule has 0 amide bonds. The van der Waals surface area contributed by atoms with Gasteiger partial charge >= 0.3 is 5.97 Å². The predicted octanol–water partition coefficient (Wildman–Crippen LogP) is 2.28. The highest BCUT2D eigenvalue weighted by molar-refractivity contribution is 7.94. The molecule has 0 aliphatic rings. The van der Waals surface area contributed by atoms with Crippen LogP contribution in [0.3, 0.4) is 0 Å². The summed E-state index contributed by atoms with van der Waals surface area (Å²) in [6.45, 7) is 0. The van der Waals surface area contributed by atoms with Gasteiger partial charge in [0.15, 0.2) is 0 Å². The molecule has 0 unspecified atom stereocenters. The maximum Gasteiger partial charge on any atom is 0.345 e. The second-order valence-electron chi connectivity index (χ2n) is 4.07. The summed E-state index contributed by atoms with van der Waals surface area (Å²) in [6, 6.07) is 9.25. The van der Waals surface area contributed by atoms with Crippen molar-refractivity contribution in [2.45, 2.75) is 4.21 Å². The topological polar surface area (TPSA) is 83.9 Å². The first-order valence-corrected chi connectivity index (χ1v) is 8.08. The van der Waals surface area contributed by atoms with Crippen molar-refractivity contribution in [1.82, 2.24) is 0 Å². The molecule has 0 fully saturated rings. The number of methoxy groups -OCH3 is 1. The molecule has 0 aliphatic carbocycles. The van der Waals surface area contributed by atoms with Crippen LogP contribution in [0.15, 0.2) is 40.6 Å². The van der Waals surface area contributed by atoms with Crippen LogP contribution >= 0.6 is 11.3 Å². The highest BCUT2D eigenvalue weighted by Gasteiger charge is 2.26. The molecule has 0 bridgehead atoms. The Kier molecular flexibility index (Phi) is 4.19. The van der Waals surface area contributed by atoms with E-state index in [-0.39, 0.29) is 9.09 Å². The fourth-order valence-electron chi connectivity index (χ4n) is 1.73. The van der Waals surface area contributed by atoms with Gasteiger partial charge in [-0.05, 0) is 24.3 Å². The molecule has 0 aliphatic heterocycles. The van der Waals surface area contributed by atoms with Crippen LogP contribution in [0.4, 0.5) is 5.69 Å². The Morgan fingerprint density at radius 1 is 1.24 bits per heavy atom. The molecule has 2 rings (SSSR count). The van der Waals surface area contributed by atoms with Gasteiger partial charge in [0, 0.05) is 7.05 Å². The Balaban J connectivity index is 2.45. The molecular weight excluding hydrogens is 314 g/mol. The number of carbonyl (C=O) groups is 1. The average molecular weight is 327 g/mol. The lowest BCUT2D eigenvalue weighted by Crippen LogP contribution is -2.26. The summed E-state index contributed by atoms with van der Waals surface area (Å²) >= 11 is 0.714. The number of nitrogens with zero attached hydrogens (tertiary/aromatic N) is 1. The van der Waals surface area contributed by atoms with Gasteiger partial charge in [0.25, 0.3) is 10.0 Å². The maximum atomic E-state index is 12.5. The molecule has 0 radical (unpaired) electrons. The van der Waals surface area contributed by atoms with Crippen molar-refractivity contribution < 1.29 is 23.1 Å². The standard InChI is InChI=1S/C13H13NO5S2/c1-14(9-5-3-4-6-10(9)19-2)21(17,18)12-8-7-11(20-12)13(15)16/h3-8H,1-2H3,(H,15,16). The third-order valence-electron chi connectivity index (χ3n) is 2.83. The third-order valence-corrected chi connectivity index (χ3v) is 6.14. The van der Waals surface area contributed by atoms with Crippen LogP contribution in [0.25, 0.3) is 0 Å². The number of anilines is 1. The van der Waals surface area contributed by atoms with E-state index >= 15 is 0 Å². The minimum atomic E-state index is -3.83. The molecule has 0 atom stereocenters. The highest BCUT2D eigenvalue weighted by Crippen LogP contribution is 2.32. The summed E-state index contributed by atoms with van der Waals surface area (Å²) in [5, 5.41) is 8.88. The Bertz CT molecular complexity index is 766. The van der Waals surface area contributed by atoms with Gasteiger partial charge in [-0.15, -0.1) is 11.3 Å². The normalized spacial score (nSPS) is 11.1. The first-order chi connectivity index (χ1) is 9.87. The van der Waals surface area contributed by atoms with Crippen molar-refractivity contribution in [2.75, 3.05) is 18.5 Å². The Hall–Kier alpha value is -2.06. The van der Waals surface area contributed by atoms with Crippen LogP contribution in [0.2, 0.25) is 0 Å². The van der Waals surface area contributed by atoms with Gasteiger partial charge in [0.1, 0.15) is 14.8 Å². The number of ether oxygens (including phenoxy) is 1. The van der Waals surface area contributed by atoms with E-state index < -0.39 is 16.0 Å². The smallest absolute Gasteiger partial charge is 0.345 e. The molecule has 8 heteroatoms. The SMILES string of the molecule is COc1ccccc1N(C)S(=O)(=O)c1ccc(C(=O)O)s1. The first-order valence-electron chi connectivity index (χ1n) is 5.83. The molecule has 1 N–H and O–H groups in total. The van der Waals surface area contributed by atoms with E-state index in [9.17, 15) is 13.2 Å². The zero-order valence-electron chi connectivity index (χ0n) is 11.3. The average Bonchev–Trinajstić information content (AvgIpc) is 2.97. The van der Waals surface area contributed by atoms with Crippen LogP contribution in [-0.4, -0.2) is 33.7 Å². The van der Waals surface area contributed by atoms with E-state index in [1.165, 1.54) is 26.3 Å². The molecule has 0 spiro atoms. The minimum Gasteiger partial charge on any atom is -0.495 e. The fourth-order valence-corrected chi connectivity index (χ4v) is 4.25. The number of thiophene rings is 1. The Labute approximate surface area is 126 Å². The highest BCUT2D eigenvalue weighted by atomic mass is 32.2. The summed E-state index contributed by atoms with van der Waals surface area (Å²) in [4.78, 5) is 10.8. The second-order valence-corrected chi connectivity index (χ2v) is 7.35. The molecule has 1 aromatic heterocycles. The molecule has 1 heterocycles. The lowest BCUT2D eigenvalue weighted by molar-refractivity contribution is 0.0702. The number of hydrogen-bond donors (Lipinski definition) is 1. The number of para-hydroxylation sites is 2.